The topological polar surface area (TPSA) is 50.9 Å². The largest absolute Gasteiger partial charge is 0.388 e. The van der Waals surface area contributed by atoms with Gasteiger partial charge in [0.05, 0.1) is 0 Å². The minimum atomic E-state index is -0.0331. The van der Waals surface area contributed by atoms with Crippen LogP contribution in [-0.4, -0.2) is 19.9 Å². The molecule has 1 rings (SSSR count). The lowest BCUT2D eigenvalue weighted by Crippen LogP contribution is -2.02. The molecule has 0 aliphatic heterocycles. The van der Waals surface area contributed by atoms with Gasteiger partial charge in [0.2, 0.25) is 0 Å². The molecule has 56 valence electrons. The Morgan fingerprint density at radius 2 is 2.20 bits per heavy atom. The molecule has 1 aromatic heterocycles. The molecule has 1 heterocycles. The highest BCUT2D eigenvalue weighted by atomic mass is 16.3. The van der Waals surface area contributed by atoms with Gasteiger partial charge in [-0.1, -0.05) is 0 Å². The molecule has 0 aromatic carbocycles. The first-order valence-corrected chi connectivity index (χ1v) is 3.29. The van der Waals surface area contributed by atoms with Gasteiger partial charge in [0.15, 0.2) is 5.82 Å². The van der Waals surface area contributed by atoms with Gasteiger partial charge in [0.1, 0.15) is 12.4 Å². The second-order valence-electron chi connectivity index (χ2n) is 2.07. The number of aryl methyl sites for hydroxylation is 1. The van der Waals surface area contributed by atoms with Crippen molar-refractivity contribution in [2.75, 3.05) is 0 Å². The highest BCUT2D eigenvalue weighted by molar-refractivity contribution is 4.91. The van der Waals surface area contributed by atoms with Gasteiger partial charge in [0, 0.05) is 6.54 Å². The van der Waals surface area contributed by atoms with Crippen LogP contribution in [0.5, 0.6) is 0 Å². The van der Waals surface area contributed by atoms with Crippen LogP contribution >= 0.6 is 0 Å². The van der Waals surface area contributed by atoms with E-state index in [-0.39, 0.29) is 6.61 Å². The third-order valence-corrected chi connectivity index (χ3v) is 1.47. The fourth-order valence-corrected chi connectivity index (χ4v) is 0.953. The summed E-state index contributed by atoms with van der Waals surface area (Å²) in [4.78, 5) is 0. The highest BCUT2D eigenvalue weighted by Gasteiger charge is 2.03. The molecule has 0 aliphatic carbocycles. The summed E-state index contributed by atoms with van der Waals surface area (Å²) < 4.78 is 1.88. The smallest absolute Gasteiger partial charge is 0.158 e. The van der Waals surface area contributed by atoms with Crippen molar-refractivity contribution in [3.05, 3.63) is 11.6 Å². The first-order chi connectivity index (χ1) is 4.79. The Bertz CT molecular complexity index is 219. The minimum Gasteiger partial charge on any atom is -0.388 e. The maximum Gasteiger partial charge on any atom is 0.158 e. The van der Waals surface area contributed by atoms with E-state index in [1.165, 1.54) is 0 Å². The Morgan fingerprint density at radius 3 is 2.60 bits per heavy atom. The quantitative estimate of drug-likeness (QED) is 0.635. The normalized spacial score (nSPS) is 10.3. The molecule has 0 radical (unpaired) electrons. The van der Waals surface area contributed by atoms with Crippen molar-refractivity contribution in [1.29, 1.82) is 0 Å². The van der Waals surface area contributed by atoms with Crippen LogP contribution in [0.3, 0.4) is 0 Å². The van der Waals surface area contributed by atoms with Gasteiger partial charge in [-0.15, -0.1) is 10.2 Å². The first kappa shape index (κ1) is 7.21. The zero-order valence-corrected chi connectivity index (χ0v) is 6.20. The highest BCUT2D eigenvalue weighted by Crippen LogP contribution is 1.99. The van der Waals surface area contributed by atoms with Crippen molar-refractivity contribution < 1.29 is 5.11 Å². The van der Waals surface area contributed by atoms with Gasteiger partial charge in [0.25, 0.3) is 0 Å². The van der Waals surface area contributed by atoms with Crippen LogP contribution in [0.4, 0.5) is 0 Å². The van der Waals surface area contributed by atoms with Crippen molar-refractivity contribution in [2.45, 2.75) is 27.0 Å². The van der Waals surface area contributed by atoms with Crippen molar-refractivity contribution in [3.8, 4) is 0 Å². The summed E-state index contributed by atoms with van der Waals surface area (Å²) >= 11 is 0. The van der Waals surface area contributed by atoms with Crippen LogP contribution in [0.25, 0.3) is 0 Å². The summed E-state index contributed by atoms with van der Waals surface area (Å²) in [5.74, 6) is 1.49. The van der Waals surface area contributed by atoms with E-state index in [4.69, 9.17) is 5.11 Å². The van der Waals surface area contributed by atoms with Crippen LogP contribution in [0.1, 0.15) is 18.6 Å². The lowest BCUT2D eigenvalue weighted by molar-refractivity contribution is 0.265. The average molecular weight is 141 g/mol. The molecule has 4 nitrogen and oxygen atoms in total. The lowest BCUT2D eigenvalue weighted by atomic mass is 10.5. The van der Waals surface area contributed by atoms with Crippen LogP contribution in [0, 0.1) is 6.92 Å². The second kappa shape index (κ2) is 2.79. The molecule has 10 heavy (non-hydrogen) atoms. The van der Waals surface area contributed by atoms with E-state index in [2.05, 4.69) is 10.2 Å². The second-order valence-corrected chi connectivity index (χ2v) is 2.07. The molecule has 4 heteroatoms. The fourth-order valence-electron chi connectivity index (χ4n) is 0.953. The molecular formula is C6H11N3O. The van der Waals surface area contributed by atoms with Crippen molar-refractivity contribution in [2.24, 2.45) is 0 Å². The third-order valence-electron chi connectivity index (χ3n) is 1.47. The van der Waals surface area contributed by atoms with Gasteiger partial charge in [-0.2, -0.15) is 0 Å². The van der Waals surface area contributed by atoms with E-state index in [0.717, 1.165) is 12.4 Å². The van der Waals surface area contributed by atoms with E-state index in [1.807, 2.05) is 18.4 Å². The predicted molar refractivity (Wildman–Crippen MR) is 36.4 cm³/mol. The van der Waals surface area contributed by atoms with Crippen LogP contribution in [0.15, 0.2) is 0 Å². The molecule has 1 N–H and O–H groups in total. The summed E-state index contributed by atoms with van der Waals surface area (Å²) in [7, 11) is 0. The van der Waals surface area contributed by atoms with E-state index in [9.17, 15) is 0 Å². The molecular weight excluding hydrogens is 130 g/mol. The van der Waals surface area contributed by atoms with Crippen molar-refractivity contribution >= 4 is 0 Å². The SMILES string of the molecule is CCn1c(C)nnc1CO. The maximum atomic E-state index is 8.74. The zero-order valence-electron chi connectivity index (χ0n) is 6.20. The zero-order chi connectivity index (χ0) is 7.56. The molecule has 0 spiro atoms. The van der Waals surface area contributed by atoms with Crippen LogP contribution in [0.2, 0.25) is 0 Å². The predicted octanol–water partition coefficient (Wildman–Crippen LogP) is 0.0987. The minimum absolute atomic E-state index is 0.0331. The number of aliphatic hydroxyl groups excluding tert-OH is 1. The standard InChI is InChI=1S/C6H11N3O/c1-3-9-5(2)7-8-6(9)4-10/h10H,3-4H2,1-2H3. The molecule has 0 saturated carbocycles. The lowest BCUT2D eigenvalue weighted by Gasteiger charge is -2.00. The summed E-state index contributed by atoms with van der Waals surface area (Å²) in [6.07, 6.45) is 0. The number of hydrogen-bond acceptors (Lipinski definition) is 3. The van der Waals surface area contributed by atoms with Gasteiger partial charge >= 0.3 is 0 Å². The first-order valence-electron chi connectivity index (χ1n) is 3.29. The molecule has 0 aliphatic rings. The Hall–Kier alpha value is -0.900. The van der Waals surface area contributed by atoms with Gasteiger partial charge in [-0.05, 0) is 13.8 Å². The molecule has 0 atom stereocenters. The molecule has 0 amide bonds. The number of aromatic nitrogens is 3. The van der Waals surface area contributed by atoms with Gasteiger partial charge < -0.3 is 9.67 Å². The average Bonchev–Trinajstić information content (AvgIpc) is 2.30. The van der Waals surface area contributed by atoms with E-state index < -0.39 is 0 Å². The van der Waals surface area contributed by atoms with Gasteiger partial charge in [-0.3, -0.25) is 0 Å². The Labute approximate surface area is 59.5 Å². The Balaban J connectivity index is 3.01. The summed E-state index contributed by atoms with van der Waals surface area (Å²) in [6.45, 7) is 4.65. The Morgan fingerprint density at radius 1 is 1.50 bits per heavy atom. The Kier molecular flexibility index (Phi) is 2.01. The monoisotopic (exact) mass is 141 g/mol. The van der Waals surface area contributed by atoms with E-state index in [0.29, 0.717) is 5.82 Å². The number of rotatable bonds is 2. The fraction of sp³-hybridized carbons (Fsp3) is 0.667. The van der Waals surface area contributed by atoms with E-state index >= 15 is 0 Å². The van der Waals surface area contributed by atoms with Crippen LogP contribution in [-0.2, 0) is 13.2 Å². The number of hydrogen-bond donors (Lipinski definition) is 1. The molecule has 0 fully saturated rings. The summed E-state index contributed by atoms with van der Waals surface area (Å²) in [5, 5.41) is 16.3. The van der Waals surface area contributed by atoms with Crippen molar-refractivity contribution in [1.82, 2.24) is 14.8 Å². The molecule has 0 unspecified atom stereocenters. The maximum absolute atomic E-state index is 8.74. The van der Waals surface area contributed by atoms with Crippen molar-refractivity contribution in [3.63, 3.8) is 0 Å². The third kappa shape index (κ3) is 1.02. The van der Waals surface area contributed by atoms with Gasteiger partial charge in [-0.25, -0.2) is 0 Å². The summed E-state index contributed by atoms with van der Waals surface area (Å²) in [6, 6.07) is 0. The molecule has 0 bridgehead atoms. The van der Waals surface area contributed by atoms with Crippen LogP contribution < -0.4 is 0 Å². The number of nitrogens with zero attached hydrogens (tertiary/aromatic N) is 3. The summed E-state index contributed by atoms with van der Waals surface area (Å²) in [5.41, 5.74) is 0. The number of aliphatic hydroxyl groups is 1. The molecule has 1 aromatic rings. The van der Waals surface area contributed by atoms with E-state index in [1.54, 1.807) is 0 Å². The molecule has 0 saturated heterocycles.